The second-order valence-electron chi connectivity index (χ2n) is 6.63. The van der Waals surface area contributed by atoms with Gasteiger partial charge in [0.2, 0.25) is 5.91 Å². The molecule has 0 saturated carbocycles. The molecule has 1 aromatic carbocycles. The number of carbonyl (C=O) groups is 1. The number of aromatic nitrogens is 4. The van der Waals surface area contributed by atoms with Crippen molar-refractivity contribution in [1.82, 2.24) is 19.3 Å². The summed E-state index contributed by atoms with van der Waals surface area (Å²) in [5.41, 5.74) is 3.68. The van der Waals surface area contributed by atoms with Crippen LogP contribution < -0.4 is 10.9 Å². The topological polar surface area (TPSA) is 81.8 Å². The number of nitrogens with zero attached hydrogens (tertiary/aromatic N) is 4. The average Bonchev–Trinajstić information content (AvgIpc) is 3.22. The number of carbonyl (C=O) groups excluding carboxylic acids is 1. The van der Waals surface area contributed by atoms with Crippen LogP contribution in [0.3, 0.4) is 0 Å². The van der Waals surface area contributed by atoms with E-state index in [9.17, 15) is 9.59 Å². The smallest absolute Gasteiger partial charge is 0.252 e. The van der Waals surface area contributed by atoms with Gasteiger partial charge < -0.3 is 5.32 Å². The van der Waals surface area contributed by atoms with Crippen LogP contribution in [0.2, 0.25) is 0 Å². The second-order valence-corrected chi connectivity index (χ2v) is 7.48. The largest absolute Gasteiger partial charge is 0.300 e. The van der Waals surface area contributed by atoms with E-state index in [0.29, 0.717) is 10.8 Å². The lowest BCUT2D eigenvalue weighted by Gasteiger charge is -2.12. The van der Waals surface area contributed by atoms with Gasteiger partial charge in [0.15, 0.2) is 5.13 Å². The molecule has 3 heterocycles. The van der Waals surface area contributed by atoms with Crippen LogP contribution in [0.5, 0.6) is 0 Å². The highest BCUT2D eigenvalue weighted by Crippen LogP contribution is 2.24. The highest BCUT2D eigenvalue weighted by molar-refractivity contribution is 7.13. The lowest BCUT2D eigenvalue weighted by molar-refractivity contribution is -0.116. The molecule has 1 amide bonds. The van der Waals surface area contributed by atoms with Gasteiger partial charge in [0, 0.05) is 16.8 Å². The van der Waals surface area contributed by atoms with Crippen LogP contribution in [-0.4, -0.2) is 25.2 Å². The molecule has 28 heavy (non-hydrogen) atoms. The van der Waals surface area contributed by atoms with E-state index in [4.69, 9.17) is 0 Å². The first-order valence-corrected chi connectivity index (χ1v) is 9.69. The van der Waals surface area contributed by atoms with Gasteiger partial charge in [-0.2, -0.15) is 5.10 Å². The van der Waals surface area contributed by atoms with Crippen LogP contribution >= 0.6 is 11.3 Å². The molecule has 0 unspecified atom stereocenters. The van der Waals surface area contributed by atoms with Gasteiger partial charge in [0.05, 0.1) is 17.1 Å². The number of para-hydroxylation sites is 1. The van der Waals surface area contributed by atoms with Crippen molar-refractivity contribution in [3.05, 3.63) is 69.1 Å². The normalized spacial score (nSPS) is 11.1. The first kappa shape index (κ1) is 18.1. The maximum Gasteiger partial charge on any atom is 0.252 e. The molecule has 0 spiro atoms. The Labute approximate surface area is 165 Å². The summed E-state index contributed by atoms with van der Waals surface area (Å²) in [5, 5.41) is 10.7. The number of amides is 1. The number of aryl methyl sites for hydroxylation is 3. The van der Waals surface area contributed by atoms with Crippen molar-refractivity contribution in [2.45, 2.75) is 27.3 Å². The molecular weight excluding hydrogens is 374 g/mol. The minimum Gasteiger partial charge on any atom is -0.300 e. The fourth-order valence-corrected chi connectivity index (χ4v) is 3.99. The van der Waals surface area contributed by atoms with Gasteiger partial charge in [0.25, 0.3) is 5.56 Å². The molecule has 0 bridgehead atoms. The summed E-state index contributed by atoms with van der Waals surface area (Å²) in [6.45, 7) is 5.53. The third kappa shape index (κ3) is 3.22. The zero-order valence-electron chi connectivity index (χ0n) is 15.8. The highest BCUT2D eigenvalue weighted by Gasteiger charge is 2.19. The van der Waals surface area contributed by atoms with Crippen molar-refractivity contribution in [3.63, 3.8) is 0 Å². The molecule has 0 aliphatic carbocycles. The molecule has 0 fully saturated rings. The molecule has 0 aliphatic rings. The van der Waals surface area contributed by atoms with Gasteiger partial charge in [-0.1, -0.05) is 18.2 Å². The van der Waals surface area contributed by atoms with Crippen LogP contribution in [0.4, 0.5) is 5.13 Å². The standard InChI is InChI=1S/C20H19N5O2S/c1-12-9-17(27)24(10-16(26)22-20-21-13(2)11-28-20)19-18(12)14(3)23-25(19)15-7-5-4-6-8-15/h4-9,11H,10H2,1-3H3,(H,21,22,26). The Bertz CT molecular complexity index is 1240. The van der Waals surface area contributed by atoms with Crippen LogP contribution in [0.25, 0.3) is 16.7 Å². The Kier molecular flexibility index (Phi) is 4.56. The molecule has 142 valence electrons. The Morgan fingerprint density at radius 2 is 1.93 bits per heavy atom. The summed E-state index contributed by atoms with van der Waals surface area (Å²) in [4.78, 5) is 29.6. The van der Waals surface area contributed by atoms with E-state index < -0.39 is 0 Å². The SMILES string of the molecule is Cc1csc(NC(=O)Cn2c(=O)cc(C)c3c(C)nn(-c4ccccc4)c32)n1. The summed E-state index contributed by atoms with van der Waals surface area (Å²) >= 11 is 1.35. The lowest BCUT2D eigenvalue weighted by atomic mass is 10.1. The molecular formula is C20H19N5O2S. The zero-order chi connectivity index (χ0) is 19.8. The van der Waals surface area contributed by atoms with Gasteiger partial charge in [-0.05, 0) is 38.5 Å². The fourth-order valence-electron chi connectivity index (χ4n) is 3.28. The van der Waals surface area contributed by atoms with Crippen molar-refractivity contribution in [1.29, 1.82) is 0 Å². The Hall–Kier alpha value is -3.26. The molecule has 8 heteroatoms. The summed E-state index contributed by atoms with van der Waals surface area (Å²) in [7, 11) is 0. The third-order valence-electron chi connectivity index (χ3n) is 4.46. The average molecular weight is 393 g/mol. The van der Waals surface area contributed by atoms with Gasteiger partial charge >= 0.3 is 0 Å². The van der Waals surface area contributed by atoms with Crippen LogP contribution in [-0.2, 0) is 11.3 Å². The molecule has 4 aromatic rings. The van der Waals surface area contributed by atoms with E-state index >= 15 is 0 Å². The van der Waals surface area contributed by atoms with Crippen LogP contribution in [0.15, 0.2) is 46.6 Å². The maximum absolute atomic E-state index is 12.8. The number of pyridine rings is 1. The van der Waals surface area contributed by atoms with Crippen molar-refractivity contribution < 1.29 is 4.79 Å². The molecule has 4 rings (SSSR count). The van der Waals surface area contributed by atoms with Crippen molar-refractivity contribution in [2.75, 3.05) is 5.32 Å². The van der Waals surface area contributed by atoms with Crippen molar-refractivity contribution in [2.24, 2.45) is 0 Å². The number of rotatable bonds is 4. The Morgan fingerprint density at radius 1 is 1.18 bits per heavy atom. The second kappa shape index (κ2) is 7.05. The lowest BCUT2D eigenvalue weighted by Crippen LogP contribution is -2.28. The monoisotopic (exact) mass is 393 g/mol. The summed E-state index contributed by atoms with van der Waals surface area (Å²) in [6, 6.07) is 11.1. The van der Waals surface area contributed by atoms with E-state index in [-0.39, 0.29) is 18.0 Å². The minimum atomic E-state index is -0.305. The number of hydrogen-bond donors (Lipinski definition) is 1. The quantitative estimate of drug-likeness (QED) is 0.577. The minimum absolute atomic E-state index is 0.119. The molecule has 0 saturated heterocycles. The fraction of sp³-hybridized carbons (Fsp3) is 0.200. The summed E-state index contributed by atoms with van der Waals surface area (Å²) in [6.07, 6.45) is 0. The first-order chi connectivity index (χ1) is 13.4. The number of anilines is 1. The Morgan fingerprint density at radius 3 is 2.61 bits per heavy atom. The summed E-state index contributed by atoms with van der Waals surface area (Å²) in [5.74, 6) is -0.305. The molecule has 1 N–H and O–H groups in total. The van der Waals surface area contributed by atoms with E-state index in [1.807, 2.05) is 56.5 Å². The van der Waals surface area contributed by atoms with Gasteiger partial charge in [0.1, 0.15) is 12.2 Å². The molecule has 0 atom stereocenters. The van der Waals surface area contributed by atoms with E-state index in [2.05, 4.69) is 15.4 Å². The Balaban J connectivity index is 1.83. The first-order valence-electron chi connectivity index (χ1n) is 8.81. The molecule has 7 nitrogen and oxygen atoms in total. The molecule has 3 aromatic heterocycles. The molecule has 0 radical (unpaired) electrons. The highest BCUT2D eigenvalue weighted by atomic mass is 32.1. The van der Waals surface area contributed by atoms with Crippen LogP contribution in [0.1, 0.15) is 17.0 Å². The van der Waals surface area contributed by atoms with Crippen LogP contribution in [0, 0.1) is 20.8 Å². The van der Waals surface area contributed by atoms with Gasteiger partial charge in [-0.25, -0.2) is 9.67 Å². The van der Waals surface area contributed by atoms with Crippen molar-refractivity contribution in [3.8, 4) is 5.69 Å². The molecule has 0 aliphatic heterocycles. The zero-order valence-corrected chi connectivity index (χ0v) is 16.6. The number of benzene rings is 1. The van der Waals surface area contributed by atoms with E-state index in [1.165, 1.54) is 15.9 Å². The van der Waals surface area contributed by atoms with E-state index in [1.54, 1.807) is 10.7 Å². The van der Waals surface area contributed by atoms with Gasteiger partial charge in [-0.3, -0.25) is 14.2 Å². The number of nitrogens with one attached hydrogen (secondary N) is 1. The van der Waals surface area contributed by atoms with Crippen molar-refractivity contribution >= 4 is 33.4 Å². The van der Waals surface area contributed by atoms with E-state index in [0.717, 1.165) is 28.0 Å². The number of hydrogen-bond acceptors (Lipinski definition) is 5. The summed E-state index contributed by atoms with van der Waals surface area (Å²) < 4.78 is 3.19. The predicted octanol–water partition coefficient (Wildman–Crippen LogP) is 3.21. The number of thiazole rings is 1. The predicted molar refractivity (Wildman–Crippen MR) is 110 cm³/mol. The number of fused-ring (bicyclic) bond motifs is 1. The maximum atomic E-state index is 12.8. The third-order valence-corrected chi connectivity index (χ3v) is 5.34. The van der Waals surface area contributed by atoms with Gasteiger partial charge in [-0.15, -0.1) is 11.3 Å².